The van der Waals surface area contributed by atoms with Crippen LogP contribution in [0, 0.1) is 0 Å². The Balaban J connectivity index is 2.26. The Labute approximate surface area is 89.0 Å². The van der Waals surface area contributed by atoms with E-state index in [9.17, 15) is 0 Å². The average Bonchev–Trinajstić information content (AvgIpc) is 2.16. The van der Waals surface area contributed by atoms with Gasteiger partial charge in [0.25, 0.3) is 0 Å². The second-order valence-corrected chi connectivity index (χ2v) is 4.06. The van der Waals surface area contributed by atoms with E-state index < -0.39 is 0 Å². The van der Waals surface area contributed by atoms with Crippen molar-refractivity contribution in [3.8, 4) is 0 Å². The van der Waals surface area contributed by atoms with Gasteiger partial charge in [0, 0.05) is 11.6 Å². The molecule has 13 heavy (non-hydrogen) atoms. The fourth-order valence-electron chi connectivity index (χ4n) is 1.55. The largest absolute Gasteiger partial charge is 0.371 e. The number of hydrogen-bond donors (Lipinski definition) is 1. The molecule has 0 aliphatic heterocycles. The monoisotopic (exact) mass is 223 g/mol. The minimum atomic E-state index is 0.152. The lowest BCUT2D eigenvalue weighted by atomic mass is 9.93. The van der Waals surface area contributed by atoms with Gasteiger partial charge in [-0.3, -0.25) is 0 Å². The van der Waals surface area contributed by atoms with Gasteiger partial charge in [-0.05, 0) is 12.8 Å². The molecule has 1 fully saturated rings. The zero-order chi connectivity index (χ0) is 9.68. The second kappa shape index (κ2) is 5.86. The molecule has 1 aliphatic rings. The van der Waals surface area contributed by atoms with Gasteiger partial charge in [-0.2, -0.15) is 0 Å². The number of nitrogens with two attached hydrogens (primary N) is 1. The molecule has 2 unspecified atom stereocenters. The van der Waals surface area contributed by atoms with E-state index in [1.54, 1.807) is 0 Å². The molecule has 0 aromatic rings. The van der Waals surface area contributed by atoms with Gasteiger partial charge in [0.05, 0.1) is 17.7 Å². The fraction of sp³-hybridized carbons (Fsp3) is 0.778. The third-order valence-electron chi connectivity index (χ3n) is 2.31. The standard InChI is InChI=1S/C9H15Cl2NO/c10-5-7(11)6-13-9-4-2-1-3-8(9)12/h5,8-9H,1-4,6,12H2. The topological polar surface area (TPSA) is 35.2 Å². The molecular formula is C9H15Cl2NO. The summed E-state index contributed by atoms with van der Waals surface area (Å²) < 4.78 is 5.54. The Morgan fingerprint density at radius 2 is 2.15 bits per heavy atom. The van der Waals surface area contributed by atoms with Gasteiger partial charge in [0.1, 0.15) is 0 Å². The molecule has 0 saturated heterocycles. The van der Waals surface area contributed by atoms with Gasteiger partial charge in [-0.15, -0.1) is 0 Å². The molecule has 0 bridgehead atoms. The highest BCUT2D eigenvalue weighted by molar-refractivity contribution is 6.36. The quantitative estimate of drug-likeness (QED) is 0.799. The van der Waals surface area contributed by atoms with Crippen molar-refractivity contribution >= 4 is 23.2 Å². The van der Waals surface area contributed by atoms with Gasteiger partial charge in [-0.1, -0.05) is 36.0 Å². The van der Waals surface area contributed by atoms with Crippen LogP contribution >= 0.6 is 23.2 Å². The van der Waals surface area contributed by atoms with E-state index in [1.807, 2.05) is 0 Å². The Kier molecular flexibility index (Phi) is 5.10. The molecule has 0 aromatic heterocycles. The van der Waals surface area contributed by atoms with E-state index in [-0.39, 0.29) is 12.1 Å². The summed E-state index contributed by atoms with van der Waals surface area (Å²) in [5.41, 5.74) is 7.22. The van der Waals surface area contributed by atoms with Gasteiger partial charge in [0.15, 0.2) is 0 Å². The highest BCUT2D eigenvalue weighted by Crippen LogP contribution is 2.20. The van der Waals surface area contributed by atoms with Crippen molar-refractivity contribution in [2.45, 2.75) is 37.8 Å². The normalized spacial score (nSPS) is 30.5. The zero-order valence-electron chi connectivity index (χ0n) is 7.51. The van der Waals surface area contributed by atoms with Crippen molar-refractivity contribution in [2.75, 3.05) is 6.61 Å². The first kappa shape index (κ1) is 11.3. The summed E-state index contributed by atoms with van der Waals surface area (Å²) in [6.07, 6.45) is 4.64. The van der Waals surface area contributed by atoms with Crippen LogP contribution in [0.3, 0.4) is 0 Å². The molecule has 2 atom stereocenters. The first-order chi connectivity index (χ1) is 6.24. The Hall–Kier alpha value is 0.240. The molecule has 4 heteroatoms. The second-order valence-electron chi connectivity index (χ2n) is 3.35. The third-order valence-corrected chi connectivity index (χ3v) is 2.90. The van der Waals surface area contributed by atoms with Crippen LogP contribution in [0.25, 0.3) is 0 Å². The van der Waals surface area contributed by atoms with E-state index in [0.717, 1.165) is 12.8 Å². The summed E-state index contributed by atoms with van der Waals surface area (Å²) in [6.45, 7) is 0.378. The predicted octanol–water partition coefficient (Wildman–Crippen LogP) is 2.59. The van der Waals surface area contributed by atoms with E-state index in [2.05, 4.69) is 0 Å². The summed E-state index contributed by atoms with van der Waals surface area (Å²) in [5.74, 6) is 0. The third kappa shape index (κ3) is 3.86. The van der Waals surface area contributed by atoms with Gasteiger partial charge < -0.3 is 10.5 Å². The minimum Gasteiger partial charge on any atom is -0.371 e. The van der Waals surface area contributed by atoms with Crippen molar-refractivity contribution in [3.63, 3.8) is 0 Å². The highest BCUT2D eigenvalue weighted by atomic mass is 35.5. The Bertz CT molecular complexity index is 184. The maximum Gasteiger partial charge on any atom is 0.0836 e. The van der Waals surface area contributed by atoms with Crippen LogP contribution in [0.15, 0.2) is 10.6 Å². The zero-order valence-corrected chi connectivity index (χ0v) is 9.02. The summed E-state index contributed by atoms with van der Waals surface area (Å²) in [4.78, 5) is 0. The molecule has 2 nitrogen and oxygen atoms in total. The molecule has 0 heterocycles. The van der Waals surface area contributed by atoms with Gasteiger partial charge in [0.2, 0.25) is 0 Å². The smallest absolute Gasteiger partial charge is 0.0836 e. The molecule has 1 rings (SSSR count). The average molecular weight is 224 g/mol. The molecule has 2 N–H and O–H groups in total. The summed E-state index contributed by atoms with van der Waals surface area (Å²) >= 11 is 11.1. The van der Waals surface area contributed by atoms with Gasteiger partial charge in [-0.25, -0.2) is 0 Å². The molecule has 1 saturated carbocycles. The van der Waals surface area contributed by atoms with E-state index in [1.165, 1.54) is 18.4 Å². The van der Waals surface area contributed by atoms with Crippen molar-refractivity contribution in [1.82, 2.24) is 0 Å². The summed E-state index contributed by atoms with van der Waals surface area (Å²) in [7, 11) is 0. The fourth-order valence-corrected chi connectivity index (χ4v) is 1.68. The van der Waals surface area contributed by atoms with Crippen molar-refractivity contribution in [3.05, 3.63) is 10.6 Å². The van der Waals surface area contributed by atoms with Crippen LogP contribution in [0.1, 0.15) is 25.7 Å². The molecule has 0 spiro atoms. The first-order valence-corrected chi connectivity index (χ1v) is 5.37. The molecule has 0 radical (unpaired) electrons. The van der Waals surface area contributed by atoms with Crippen molar-refractivity contribution in [1.29, 1.82) is 0 Å². The van der Waals surface area contributed by atoms with Crippen LogP contribution in [0.5, 0.6) is 0 Å². The number of ether oxygens (including phenoxy) is 1. The summed E-state index contributed by atoms with van der Waals surface area (Å²) in [6, 6.07) is 0.161. The maximum atomic E-state index is 5.89. The molecule has 0 aromatic carbocycles. The van der Waals surface area contributed by atoms with Crippen molar-refractivity contribution in [2.24, 2.45) is 5.73 Å². The van der Waals surface area contributed by atoms with Crippen LogP contribution < -0.4 is 5.73 Å². The molecule has 76 valence electrons. The SMILES string of the molecule is NC1CCCCC1OCC(Cl)=CCl. The summed E-state index contributed by atoms with van der Waals surface area (Å²) in [5, 5.41) is 0.527. The van der Waals surface area contributed by atoms with E-state index in [4.69, 9.17) is 33.7 Å². The minimum absolute atomic E-state index is 0.152. The lowest BCUT2D eigenvalue weighted by Gasteiger charge is -2.28. The van der Waals surface area contributed by atoms with E-state index >= 15 is 0 Å². The first-order valence-electron chi connectivity index (χ1n) is 4.56. The van der Waals surface area contributed by atoms with Crippen LogP contribution in [-0.4, -0.2) is 18.8 Å². The van der Waals surface area contributed by atoms with Gasteiger partial charge >= 0.3 is 0 Å². The van der Waals surface area contributed by atoms with Crippen LogP contribution in [-0.2, 0) is 4.74 Å². The number of hydrogen-bond acceptors (Lipinski definition) is 2. The van der Waals surface area contributed by atoms with Crippen LogP contribution in [0.2, 0.25) is 0 Å². The van der Waals surface area contributed by atoms with Crippen molar-refractivity contribution < 1.29 is 4.74 Å². The van der Waals surface area contributed by atoms with E-state index in [0.29, 0.717) is 11.6 Å². The lowest BCUT2D eigenvalue weighted by molar-refractivity contribution is 0.0306. The maximum absolute atomic E-state index is 5.89. The molecule has 1 aliphatic carbocycles. The Morgan fingerprint density at radius 3 is 2.77 bits per heavy atom. The highest BCUT2D eigenvalue weighted by Gasteiger charge is 2.22. The molecular weight excluding hydrogens is 209 g/mol. The predicted molar refractivity (Wildman–Crippen MR) is 56.0 cm³/mol. The van der Waals surface area contributed by atoms with Crippen LogP contribution in [0.4, 0.5) is 0 Å². The lowest BCUT2D eigenvalue weighted by Crippen LogP contribution is -2.39. The number of halogens is 2. The Morgan fingerprint density at radius 1 is 1.46 bits per heavy atom. The number of rotatable bonds is 3. The molecule has 0 amide bonds.